The standard InChI is InChI=1S/C12H11N3O3/c16-10-3-5-17-7-9(10)12-14-11(15-18-12)8-2-1-4-13-6-8/h1-2,4,6,9H,3,5,7H2. The van der Waals surface area contributed by atoms with Crippen LogP contribution < -0.4 is 0 Å². The second-order valence-corrected chi connectivity index (χ2v) is 4.04. The molecule has 2 aromatic rings. The maximum absolute atomic E-state index is 11.7. The second kappa shape index (κ2) is 4.66. The van der Waals surface area contributed by atoms with Gasteiger partial charge in [-0.05, 0) is 12.1 Å². The number of hydrogen-bond donors (Lipinski definition) is 0. The van der Waals surface area contributed by atoms with Gasteiger partial charge >= 0.3 is 0 Å². The van der Waals surface area contributed by atoms with Crippen molar-refractivity contribution in [2.24, 2.45) is 0 Å². The lowest BCUT2D eigenvalue weighted by Gasteiger charge is -2.16. The van der Waals surface area contributed by atoms with E-state index in [0.717, 1.165) is 5.56 Å². The van der Waals surface area contributed by atoms with Crippen LogP contribution in [0.15, 0.2) is 29.0 Å². The fourth-order valence-corrected chi connectivity index (χ4v) is 1.84. The van der Waals surface area contributed by atoms with E-state index in [-0.39, 0.29) is 5.78 Å². The highest BCUT2D eigenvalue weighted by atomic mass is 16.5. The van der Waals surface area contributed by atoms with Gasteiger partial charge in [0.1, 0.15) is 11.7 Å². The molecule has 3 rings (SSSR count). The molecule has 2 aromatic heterocycles. The topological polar surface area (TPSA) is 78.1 Å². The first-order valence-corrected chi connectivity index (χ1v) is 5.69. The summed E-state index contributed by atoms with van der Waals surface area (Å²) in [6, 6.07) is 3.63. The van der Waals surface area contributed by atoms with Crippen molar-refractivity contribution < 1.29 is 14.1 Å². The lowest BCUT2D eigenvalue weighted by atomic mass is 10.0. The minimum atomic E-state index is -0.434. The van der Waals surface area contributed by atoms with Crippen LogP contribution in [0, 0.1) is 0 Å². The molecule has 0 radical (unpaired) electrons. The van der Waals surface area contributed by atoms with E-state index in [1.54, 1.807) is 18.5 Å². The van der Waals surface area contributed by atoms with Crippen molar-refractivity contribution in [2.45, 2.75) is 12.3 Å². The van der Waals surface area contributed by atoms with Gasteiger partial charge in [0.25, 0.3) is 0 Å². The molecule has 6 heteroatoms. The first-order chi connectivity index (χ1) is 8.84. The second-order valence-electron chi connectivity index (χ2n) is 4.04. The van der Waals surface area contributed by atoms with Gasteiger partial charge in [0.2, 0.25) is 11.7 Å². The molecule has 1 fully saturated rings. The summed E-state index contributed by atoms with van der Waals surface area (Å²) < 4.78 is 10.4. The van der Waals surface area contributed by atoms with Gasteiger partial charge in [-0.1, -0.05) is 5.16 Å². The van der Waals surface area contributed by atoms with Crippen molar-refractivity contribution in [2.75, 3.05) is 13.2 Å². The van der Waals surface area contributed by atoms with Crippen molar-refractivity contribution in [3.63, 3.8) is 0 Å². The van der Waals surface area contributed by atoms with Crippen LogP contribution in [0.2, 0.25) is 0 Å². The van der Waals surface area contributed by atoms with Crippen LogP contribution >= 0.6 is 0 Å². The zero-order chi connectivity index (χ0) is 12.4. The predicted molar refractivity (Wildman–Crippen MR) is 60.7 cm³/mol. The number of ether oxygens (including phenoxy) is 1. The van der Waals surface area contributed by atoms with E-state index in [2.05, 4.69) is 15.1 Å². The molecule has 1 saturated heterocycles. The van der Waals surface area contributed by atoms with Crippen LogP contribution in [0.25, 0.3) is 11.4 Å². The molecular formula is C12H11N3O3. The molecule has 1 aliphatic heterocycles. The van der Waals surface area contributed by atoms with Crippen LogP contribution in [0.1, 0.15) is 18.2 Å². The van der Waals surface area contributed by atoms with Gasteiger partial charge in [-0.15, -0.1) is 0 Å². The number of hydrogen-bond acceptors (Lipinski definition) is 6. The normalized spacial score (nSPS) is 20.0. The van der Waals surface area contributed by atoms with Gasteiger partial charge in [0.15, 0.2) is 0 Å². The minimum absolute atomic E-state index is 0.0858. The summed E-state index contributed by atoms with van der Waals surface area (Å²) in [5, 5.41) is 3.86. The lowest BCUT2D eigenvalue weighted by Crippen LogP contribution is -2.25. The summed E-state index contributed by atoms with van der Waals surface area (Å²) >= 11 is 0. The smallest absolute Gasteiger partial charge is 0.239 e. The van der Waals surface area contributed by atoms with E-state index in [1.165, 1.54) is 0 Å². The molecule has 0 amide bonds. The number of carbonyl (C=O) groups excluding carboxylic acids is 1. The summed E-state index contributed by atoms with van der Waals surface area (Å²) in [4.78, 5) is 19.9. The maximum Gasteiger partial charge on any atom is 0.239 e. The fourth-order valence-electron chi connectivity index (χ4n) is 1.84. The van der Waals surface area contributed by atoms with Gasteiger partial charge in [0.05, 0.1) is 13.2 Å². The van der Waals surface area contributed by atoms with Crippen LogP contribution in [-0.4, -0.2) is 34.1 Å². The molecule has 0 saturated carbocycles. The number of aromatic nitrogens is 3. The van der Waals surface area contributed by atoms with Gasteiger partial charge in [0, 0.05) is 24.4 Å². The Hall–Kier alpha value is -2.08. The third kappa shape index (κ3) is 2.02. The molecule has 0 aliphatic carbocycles. The molecule has 92 valence electrons. The lowest BCUT2D eigenvalue weighted by molar-refractivity contribution is -0.127. The Morgan fingerprint density at radius 2 is 2.33 bits per heavy atom. The summed E-state index contributed by atoms with van der Waals surface area (Å²) in [6.07, 6.45) is 3.71. The third-order valence-electron chi connectivity index (χ3n) is 2.83. The molecule has 18 heavy (non-hydrogen) atoms. The Morgan fingerprint density at radius 3 is 3.11 bits per heavy atom. The molecule has 0 spiro atoms. The molecule has 1 unspecified atom stereocenters. The molecule has 0 aromatic carbocycles. The van der Waals surface area contributed by atoms with Crippen molar-refractivity contribution >= 4 is 5.78 Å². The number of nitrogens with zero attached hydrogens (tertiary/aromatic N) is 3. The van der Waals surface area contributed by atoms with Gasteiger partial charge < -0.3 is 9.26 Å². The fraction of sp³-hybridized carbons (Fsp3) is 0.333. The summed E-state index contributed by atoms with van der Waals surface area (Å²) in [7, 11) is 0. The summed E-state index contributed by atoms with van der Waals surface area (Å²) in [5.74, 6) is 0.411. The highest BCUT2D eigenvalue weighted by molar-refractivity contribution is 5.85. The van der Waals surface area contributed by atoms with Crippen molar-refractivity contribution in [3.8, 4) is 11.4 Å². The Morgan fingerprint density at radius 1 is 1.39 bits per heavy atom. The van der Waals surface area contributed by atoms with Crippen molar-refractivity contribution in [1.29, 1.82) is 0 Å². The highest BCUT2D eigenvalue weighted by Crippen LogP contribution is 2.23. The zero-order valence-corrected chi connectivity index (χ0v) is 9.57. The monoisotopic (exact) mass is 245 g/mol. The first kappa shape index (κ1) is 11.0. The molecule has 1 atom stereocenters. The molecule has 1 aliphatic rings. The van der Waals surface area contributed by atoms with Crippen LogP contribution in [0.5, 0.6) is 0 Å². The predicted octanol–water partition coefficient (Wildman–Crippen LogP) is 1.20. The number of carbonyl (C=O) groups is 1. The van der Waals surface area contributed by atoms with Gasteiger partial charge in [-0.2, -0.15) is 4.98 Å². The average molecular weight is 245 g/mol. The van der Waals surface area contributed by atoms with E-state index >= 15 is 0 Å². The maximum atomic E-state index is 11.7. The Balaban J connectivity index is 1.87. The molecular weight excluding hydrogens is 234 g/mol. The number of Topliss-reactive ketones (excluding diaryl/α,β-unsaturated/α-hetero) is 1. The van der Waals surface area contributed by atoms with E-state index < -0.39 is 5.92 Å². The van der Waals surface area contributed by atoms with Gasteiger partial charge in [-0.25, -0.2) is 0 Å². The quantitative estimate of drug-likeness (QED) is 0.791. The van der Waals surface area contributed by atoms with E-state index in [0.29, 0.717) is 31.3 Å². The largest absolute Gasteiger partial charge is 0.380 e. The summed E-state index contributed by atoms with van der Waals surface area (Å²) in [5.41, 5.74) is 0.761. The van der Waals surface area contributed by atoms with E-state index in [4.69, 9.17) is 9.26 Å². The zero-order valence-electron chi connectivity index (χ0n) is 9.57. The molecule has 0 N–H and O–H groups in total. The average Bonchev–Trinajstić information content (AvgIpc) is 2.90. The Bertz CT molecular complexity index is 553. The Kier molecular flexibility index (Phi) is 2.85. The van der Waals surface area contributed by atoms with E-state index in [1.807, 2.05) is 6.07 Å². The SMILES string of the molecule is O=C1CCOCC1c1nc(-c2cccnc2)no1. The van der Waals surface area contributed by atoms with Gasteiger partial charge in [-0.3, -0.25) is 9.78 Å². The first-order valence-electron chi connectivity index (χ1n) is 5.69. The number of rotatable bonds is 2. The highest BCUT2D eigenvalue weighted by Gasteiger charge is 2.29. The van der Waals surface area contributed by atoms with Crippen molar-refractivity contribution in [3.05, 3.63) is 30.4 Å². The minimum Gasteiger partial charge on any atom is -0.380 e. The van der Waals surface area contributed by atoms with Crippen LogP contribution in [0.3, 0.4) is 0 Å². The van der Waals surface area contributed by atoms with Crippen LogP contribution in [-0.2, 0) is 9.53 Å². The number of ketones is 1. The number of pyridine rings is 1. The molecule has 6 nitrogen and oxygen atoms in total. The van der Waals surface area contributed by atoms with E-state index in [9.17, 15) is 4.79 Å². The molecule has 0 bridgehead atoms. The molecule has 3 heterocycles. The van der Waals surface area contributed by atoms with Crippen LogP contribution in [0.4, 0.5) is 0 Å². The summed E-state index contributed by atoms with van der Waals surface area (Å²) in [6.45, 7) is 0.784. The third-order valence-corrected chi connectivity index (χ3v) is 2.83. The Labute approximate surface area is 103 Å². The van der Waals surface area contributed by atoms with Crippen molar-refractivity contribution in [1.82, 2.24) is 15.1 Å².